The normalized spacial score (nSPS) is 13.4. The summed E-state index contributed by atoms with van der Waals surface area (Å²) in [5.74, 6) is -1.75. The van der Waals surface area contributed by atoms with E-state index in [2.05, 4.69) is 34.9 Å². The highest BCUT2D eigenvalue weighted by molar-refractivity contribution is 5.96. The van der Waals surface area contributed by atoms with Crippen LogP contribution in [0.15, 0.2) is 103 Å². The summed E-state index contributed by atoms with van der Waals surface area (Å²) in [5, 5.41) is 15.0. The average Bonchev–Trinajstić information content (AvgIpc) is 3.34. The molecule has 0 fully saturated rings. The van der Waals surface area contributed by atoms with Crippen LogP contribution in [0, 0.1) is 0 Å². The molecule has 0 bridgehead atoms. The van der Waals surface area contributed by atoms with Crippen LogP contribution in [-0.2, 0) is 27.4 Å². The number of carboxylic acid groups (broad SMARTS) is 1. The van der Waals surface area contributed by atoms with Crippen LogP contribution in [0.1, 0.15) is 45.5 Å². The zero-order chi connectivity index (χ0) is 29.5. The third-order valence-electron chi connectivity index (χ3n) is 7.37. The summed E-state index contributed by atoms with van der Waals surface area (Å²) in [4.78, 5) is 37.1. The monoisotopic (exact) mass is 564 g/mol. The molecular weight excluding hydrogens is 532 g/mol. The predicted octanol–water partition coefficient (Wildman–Crippen LogP) is 5.51. The topological polar surface area (TPSA) is 114 Å². The number of hydrogen-bond donors (Lipinski definition) is 3. The lowest BCUT2D eigenvalue weighted by Crippen LogP contribution is -2.48. The maximum Gasteiger partial charge on any atom is 0.407 e. The van der Waals surface area contributed by atoms with Gasteiger partial charge in [-0.05, 0) is 52.4 Å². The van der Waals surface area contributed by atoms with Crippen molar-refractivity contribution in [2.45, 2.75) is 38.1 Å². The first kappa shape index (κ1) is 28.6. The number of alkyl carbamates (subject to hydrolysis) is 1. The second kappa shape index (κ2) is 13.1. The van der Waals surface area contributed by atoms with E-state index in [4.69, 9.17) is 9.47 Å². The van der Waals surface area contributed by atoms with Gasteiger partial charge in [0.15, 0.2) is 6.04 Å². The van der Waals surface area contributed by atoms with Crippen molar-refractivity contribution in [3.05, 3.63) is 131 Å². The number of nitrogens with one attached hydrogen (secondary N) is 2. The van der Waals surface area contributed by atoms with Gasteiger partial charge in [0.1, 0.15) is 6.61 Å². The molecule has 2 amide bonds. The van der Waals surface area contributed by atoms with E-state index >= 15 is 0 Å². The fourth-order valence-corrected chi connectivity index (χ4v) is 5.10. The number of rotatable bonds is 11. The summed E-state index contributed by atoms with van der Waals surface area (Å²) >= 11 is 0. The summed E-state index contributed by atoms with van der Waals surface area (Å²) in [6.45, 7) is 2.27. The molecule has 0 saturated heterocycles. The fraction of sp³-hybridized carbons (Fsp3) is 0.206. The van der Waals surface area contributed by atoms with Crippen LogP contribution >= 0.6 is 0 Å². The molecule has 42 heavy (non-hydrogen) atoms. The molecule has 0 spiro atoms. The van der Waals surface area contributed by atoms with Crippen molar-refractivity contribution in [3.63, 3.8) is 0 Å². The van der Waals surface area contributed by atoms with Gasteiger partial charge >= 0.3 is 12.1 Å². The van der Waals surface area contributed by atoms with E-state index in [9.17, 15) is 19.5 Å². The smallest absolute Gasteiger partial charge is 0.407 e. The SMILES string of the molecule is C[C@@H](OCc1ccccc1)[C@H](NC(=O)c1ccc(CNC(=O)OCC2c3ccccc3-c3ccccc32)cc1)C(=O)O. The number of benzene rings is 4. The number of carbonyl (C=O) groups excluding carboxylic acids is 2. The van der Waals surface area contributed by atoms with Crippen LogP contribution in [0.2, 0.25) is 0 Å². The molecule has 1 aliphatic carbocycles. The Morgan fingerprint density at radius 2 is 1.38 bits per heavy atom. The molecule has 0 aromatic heterocycles. The van der Waals surface area contributed by atoms with Crippen molar-refractivity contribution in [1.29, 1.82) is 0 Å². The highest BCUT2D eigenvalue weighted by Gasteiger charge is 2.29. The Hall–Kier alpha value is -4.95. The zero-order valence-corrected chi connectivity index (χ0v) is 23.2. The van der Waals surface area contributed by atoms with Crippen LogP contribution in [0.5, 0.6) is 0 Å². The van der Waals surface area contributed by atoms with Gasteiger partial charge in [-0.15, -0.1) is 0 Å². The zero-order valence-electron chi connectivity index (χ0n) is 23.2. The van der Waals surface area contributed by atoms with Crippen LogP contribution in [0.3, 0.4) is 0 Å². The lowest BCUT2D eigenvalue weighted by molar-refractivity contribution is -0.143. The Balaban J connectivity index is 1.11. The molecule has 0 radical (unpaired) electrons. The molecule has 0 unspecified atom stereocenters. The van der Waals surface area contributed by atoms with Crippen molar-refractivity contribution in [1.82, 2.24) is 10.6 Å². The van der Waals surface area contributed by atoms with Gasteiger partial charge in [-0.3, -0.25) is 4.79 Å². The van der Waals surface area contributed by atoms with Crippen molar-refractivity contribution in [3.8, 4) is 11.1 Å². The highest BCUT2D eigenvalue weighted by Crippen LogP contribution is 2.44. The molecule has 5 rings (SSSR count). The highest BCUT2D eigenvalue weighted by atomic mass is 16.5. The first-order chi connectivity index (χ1) is 20.4. The molecule has 0 saturated carbocycles. The van der Waals surface area contributed by atoms with Gasteiger partial charge in [0, 0.05) is 18.0 Å². The summed E-state index contributed by atoms with van der Waals surface area (Å²) in [5.41, 5.74) is 6.56. The Kier molecular flexibility index (Phi) is 8.94. The maximum atomic E-state index is 12.8. The number of hydrogen-bond acceptors (Lipinski definition) is 5. The molecule has 3 N–H and O–H groups in total. The van der Waals surface area contributed by atoms with Gasteiger partial charge in [0.05, 0.1) is 12.7 Å². The second-order valence-electron chi connectivity index (χ2n) is 10.2. The standard InChI is InChI=1S/C34H32N2O6/c1-22(41-20-24-9-3-2-4-10-24)31(33(38)39)36-32(37)25-17-15-23(16-18-25)19-35-34(40)42-21-30-28-13-7-5-11-26(28)27-12-6-8-14-29(27)30/h2-18,22,30-31H,19-21H2,1H3,(H,35,40)(H,36,37)(H,38,39)/t22-,31+/m1/s1. The van der Waals surface area contributed by atoms with Crippen LogP contribution in [-0.4, -0.2) is 41.8 Å². The number of carboxylic acids is 1. The molecular formula is C34H32N2O6. The minimum absolute atomic E-state index is 0.0259. The summed E-state index contributed by atoms with van der Waals surface area (Å²) < 4.78 is 11.3. The Labute approximate surface area is 244 Å². The van der Waals surface area contributed by atoms with E-state index in [1.807, 2.05) is 54.6 Å². The predicted molar refractivity (Wildman–Crippen MR) is 158 cm³/mol. The Bertz CT molecular complexity index is 1510. The van der Waals surface area contributed by atoms with Gasteiger partial charge in [-0.1, -0.05) is 91.0 Å². The lowest BCUT2D eigenvalue weighted by atomic mass is 9.98. The molecule has 4 aromatic carbocycles. The molecule has 8 heteroatoms. The van der Waals surface area contributed by atoms with E-state index in [1.54, 1.807) is 31.2 Å². The first-order valence-corrected chi connectivity index (χ1v) is 13.8. The summed E-state index contributed by atoms with van der Waals surface area (Å²) in [6, 6.07) is 31.0. The van der Waals surface area contributed by atoms with Crippen molar-refractivity contribution in [2.75, 3.05) is 6.61 Å². The maximum absolute atomic E-state index is 12.8. The van der Waals surface area contributed by atoms with Crippen LogP contribution in [0.25, 0.3) is 11.1 Å². The molecule has 2 atom stereocenters. The van der Waals surface area contributed by atoms with E-state index in [0.717, 1.165) is 33.4 Å². The van der Waals surface area contributed by atoms with Gasteiger partial charge in [0.25, 0.3) is 5.91 Å². The van der Waals surface area contributed by atoms with Gasteiger partial charge < -0.3 is 25.2 Å². The summed E-state index contributed by atoms with van der Waals surface area (Å²) in [6.07, 6.45) is -1.29. The second-order valence-corrected chi connectivity index (χ2v) is 10.2. The third kappa shape index (κ3) is 6.67. The largest absolute Gasteiger partial charge is 0.480 e. The Morgan fingerprint density at radius 3 is 2.00 bits per heavy atom. The minimum Gasteiger partial charge on any atom is -0.480 e. The minimum atomic E-state index is -1.23. The number of ether oxygens (including phenoxy) is 2. The number of aliphatic carboxylic acids is 1. The van der Waals surface area contributed by atoms with Gasteiger partial charge in [0.2, 0.25) is 0 Å². The number of carbonyl (C=O) groups is 3. The van der Waals surface area contributed by atoms with E-state index < -0.39 is 30.1 Å². The fourth-order valence-electron chi connectivity index (χ4n) is 5.10. The number of fused-ring (bicyclic) bond motifs is 3. The van der Waals surface area contributed by atoms with Crippen molar-refractivity contribution >= 4 is 18.0 Å². The van der Waals surface area contributed by atoms with Crippen molar-refractivity contribution < 1.29 is 29.0 Å². The van der Waals surface area contributed by atoms with Gasteiger partial charge in [-0.25, -0.2) is 9.59 Å². The first-order valence-electron chi connectivity index (χ1n) is 13.8. The lowest BCUT2D eigenvalue weighted by Gasteiger charge is -2.22. The third-order valence-corrected chi connectivity index (χ3v) is 7.37. The molecule has 1 aliphatic rings. The van der Waals surface area contributed by atoms with Gasteiger partial charge in [-0.2, -0.15) is 0 Å². The molecule has 0 aliphatic heterocycles. The van der Waals surface area contributed by atoms with Crippen LogP contribution < -0.4 is 10.6 Å². The quantitative estimate of drug-likeness (QED) is 0.221. The molecule has 4 aromatic rings. The Morgan fingerprint density at radius 1 is 0.786 bits per heavy atom. The van der Waals surface area contributed by atoms with E-state index in [1.165, 1.54) is 0 Å². The average molecular weight is 565 g/mol. The van der Waals surface area contributed by atoms with Crippen LogP contribution in [0.4, 0.5) is 4.79 Å². The van der Waals surface area contributed by atoms with E-state index in [0.29, 0.717) is 5.56 Å². The van der Waals surface area contributed by atoms with Crippen molar-refractivity contribution in [2.24, 2.45) is 0 Å². The summed E-state index contributed by atoms with van der Waals surface area (Å²) in [7, 11) is 0. The molecule has 214 valence electrons. The number of amides is 2. The van der Waals surface area contributed by atoms with E-state index in [-0.39, 0.29) is 25.7 Å². The molecule has 0 heterocycles. The molecule has 8 nitrogen and oxygen atoms in total.